The second-order valence-corrected chi connectivity index (χ2v) is 5.35. The van der Waals surface area contributed by atoms with Gasteiger partial charge in [0.1, 0.15) is 5.04 Å². The van der Waals surface area contributed by atoms with Crippen molar-refractivity contribution in [2.24, 2.45) is 4.40 Å². The van der Waals surface area contributed by atoms with Gasteiger partial charge in [0.2, 0.25) is 0 Å². The summed E-state index contributed by atoms with van der Waals surface area (Å²) in [6.45, 7) is 0. The van der Waals surface area contributed by atoms with Gasteiger partial charge in [-0.25, -0.2) is 4.40 Å². The lowest BCUT2D eigenvalue weighted by Gasteiger charge is -2.52. The number of benzene rings is 1. The van der Waals surface area contributed by atoms with Crippen molar-refractivity contribution >= 4 is 27.6 Å². The number of nitriles is 1. The Morgan fingerprint density at radius 2 is 2.13 bits per heavy atom. The smallest absolute Gasteiger partial charge is 0.119 e. The third-order valence-electron chi connectivity index (χ3n) is 1.87. The summed E-state index contributed by atoms with van der Waals surface area (Å²) in [6, 6.07) is 8.57. The minimum Gasteiger partial charge on any atom is -0.778 e. The Bertz CT molecular complexity index is 465. The molecule has 0 amide bonds. The van der Waals surface area contributed by atoms with Crippen molar-refractivity contribution in [3.05, 3.63) is 29.8 Å². The maximum Gasteiger partial charge on any atom is 0.119 e. The highest BCUT2D eigenvalue weighted by molar-refractivity contribution is 8.25. The van der Waals surface area contributed by atoms with E-state index in [4.69, 9.17) is 5.26 Å². The maximum absolute atomic E-state index is 11.5. The standard InChI is InChI=1S/C9H8N2O2S2/c10-5-6-14-9-7-3-1-2-4-8(7)15(12,13)11-9/h1-4,12-13H,6H2/p-2. The molecule has 1 aromatic carbocycles. The average molecular weight is 238 g/mol. The Morgan fingerprint density at radius 1 is 1.40 bits per heavy atom. The molecule has 6 heteroatoms. The lowest BCUT2D eigenvalue weighted by Crippen LogP contribution is -1.93. The molecule has 1 aromatic rings. The summed E-state index contributed by atoms with van der Waals surface area (Å²) in [5.41, 5.74) is 0.595. The summed E-state index contributed by atoms with van der Waals surface area (Å²) < 4.78 is 26.7. The van der Waals surface area contributed by atoms with E-state index in [1.54, 1.807) is 18.2 Å². The average Bonchev–Trinajstić information content (AvgIpc) is 2.49. The zero-order valence-corrected chi connectivity index (χ0v) is 9.18. The molecule has 1 heterocycles. The molecule has 1 aliphatic rings. The minimum atomic E-state index is -3.53. The molecular weight excluding hydrogens is 232 g/mol. The van der Waals surface area contributed by atoms with Crippen LogP contribution in [-0.4, -0.2) is 19.9 Å². The van der Waals surface area contributed by atoms with Crippen molar-refractivity contribution in [1.82, 2.24) is 0 Å². The molecule has 78 valence electrons. The third kappa shape index (κ3) is 1.87. The summed E-state index contributed by atoms with van der Waals surface area (Å²) in [5, 5.41) is 8.84. The number of fused-ring (bicyclic) bond motifs is 1. The molecule has 0 saturated carbocycles. The molecule has 0 aliphatic carbocycles. The van der Waals surface area contributed by atoms with E-state index in [-0.39, 0.29) is 10.6 Å². The molecule has 0 spiro atoms. The Labute approximate surface area is 93.1 Å². The first-order valence-corrected chi connectivity index (χ1v) is 6.52. The van der Waals surface area contributed by atoms with Gasteiger partial charge >= 0.3 is 0 Å². The lowest BCUT2D eigenvalue weighted by molar-refractivity contribution is 0.448. The molecule has 0 saturated heterocycles. The second kappa shape index (κ2) is 3.87. The van der Waals surface area contributed by atoms with Gasteiger partial charge in [-0.1, -0.05) is 30.0 Å². The largest absolute Gasteiger partial charge is 0.778 e. The van der Waals surface area contributed by atoms with Gasteiger partial charge < -0.3 is 19.9 Å². The van der Waals surface area contributed by atoms with Crippen LogP contribution in [-0.2, 0) is 0 Å². The number of nitrogens with zero attached hydrogens (tertiary/aromatic N) is 2. The summed E-state index contributed by atoms with van der Waals surface area (Å²) in [5.74, 6) is 0.197. The molecule has 0 bridgehead atoms. The molecule has 0 aromatic heterocycles. The molecular formula is C9H6N2O2S2-2. The zero-order valence-electron chi connectivity index (χ0n) is 7.54. The van der Waals surface area contributed by atoms with Crippen LogP contribution in [0, 0.1) is 11.3 Å². The van der Waals surface area contributed by atoms with Crippen LogP contribution < -0.4 is 0 Å². The number of hydrogen-bond donors (Lipinski definition) is 0. The van der Waals surface area contributed by atoms with Crippen molar-refractivity contribution in [3.63, 3.8) is 0 Å². The van der Waals surface area contributed by atoms with E-state index in [9.17, 15) is 9.11 Å². The molecule has 0 fully saturated rings. The van der Waals surface area contributed by atoms with E-state index < -0.39 is 10.8 Å². The Kier molecular flexibility index (Phi) is 2.71. The van der Waals surface area contributed by atoms with Crippen molar-refractivity contribution < 1.29 is 9.11 Å². The van der Waals surface area contributed by atoms with Gasteiger partial charge in [-0.2, -0.15) is 5.26 Å². The zero-order chi connectivity index (χ0) is 10.9. The Hall–Kier alpha value is -1.00. The number of sulfonamides is 1. The first-order valence-electron chi connectivity index (χ1n) is 4.09. The van der Waals surface area contributed by atoms with Crippen LogP contribution in [0.5, 0.6) is 0 Å². The van der Waals surface area contributed by atoms with Crippen molar-refractivity contribution in [2.45, 2.75) is 4.90 Å². The van der Waals surface area contributed by atoms with E-state index in [0.717, 1.165) is 11.8 Å². The van der Waals surface area contributed by atoms with Gasteiger partial charge in [-0.05, 0) is 6.07 Å². The summed E-state index contributed by atoms with van der Waals surface area (Å²) >= 11 is 1.14. The predicted molar refractivity (Wildman–Crippen MR) is 58.5 cm³/mol. The number of rotatable bonds is 1. The highest BCUT2D eigenvalue weighted by atomic mass is 32.3. The van der Waals surface area contributed by atoms with Gasteiger partial charge in [-0.3, -0.25) is 0 Å². The monoisotopic (exact) mass is 238 g/mol. The van der Waals surface area contributed by atoms with E-state index in [1.807, 2.05) is 6.07 Å². The van der Waals surface area contributed by atoms with E-state index >= 15 is 0 Å². The van der Waals surface area contributed by atoms with Crippen LogP contribution in [0.2, 0.25) is 0 Å². The van der Waals surface area contributed by atoms with E-state index in [0.29, 0.717) is 10.6 Å². The molecule has 0 atom stereocenters. The van der Waals surface area contributed by atoms with Crippen LogP contribution in [0.15, 0.2) is 33.6 Å². The van der Waals surface area contributed by atoms with Crippen LogP contribution in [0.1, 0.15) is 5.56 Å². The molecule has 2 rings (SSSR count). The highest BCUT2D eigenvalue weighted by Crippen LogP contribution is 2.56. The Morgan fingerprint density at radius 3 is 2.87 bits per heavy atom. The topological polar surface area (TPSA) is 82.3 Å². The fourth-order valence-electron chi connectivity index (χ4n) is 1.28. The van der Waals surface area contributed by atoms with Crippen LogP contribution in [0.4, 0.5) is 0 Å². The van der Waals surface area contributed by atoms with Crippen molar-refractivity contribution in [1.29, 1.82) is 5.26 Å². The van der Waals surface area contributed by atoms with Crippen LogP contribution in [0.3, 0.4) is 0 Å². The normalized spacial score (nSPS) is 18.9. The quantitative estimate of drug-likeness (QED) is 0.749. The fraction of sp³-hybridized carbons (Fsp3) is 0.111. The molecule has 1 aliphatic heterocycles. The maximum atomic E-state index is 11.5. The minimum absolute atomic E-state index is 0.197. The molecule has 15 heavy (non-hydrogen) atoms. The van der Waals surface area contributed by atoms with Gasteiger partial charge in [0.25, 0.3) is 0 Å². The van der Waals surface area contributed by atoms with Crippen molar-refractivity contribution in [2.75, 3.05) is 5.75 Å². The second-order valence-electron chi connectivity index (χ2n) is 2.81. The summed E-state index contributed by atoms with van der Waals surface area (Å²) in [6.07, 6.45) is 0. The number of hydrogen-bond acceptors (Lipinski definition) is 5. The molecule has 0 radical (unpaired) electrons. The fourth-order valence-corrected chi connectivity index (χ4v) is 3.49. The molecule has 0 N–H and O–H groups in total. The lowest BCUT2D eigenvalue weighted by atomic mass is 10.2. The van der Waals surface area contributed by atoms with E-state index in [2.05, 4.69) is 4.40 Å². The van der Waals surface area contributed by atoms with Gasteiger partial charge in [0.15, 0.2) is 0 Å². The highest BCUT2D eigenvalue weighted by Gasteiger charge is 2.18. The first-order chi connectivity index (χ1) is 7.15. The predicted octanol–water partition coefficient (Wildman–Crippen LogP) is 2.04. The van der Waals surface area contributed by atoms with Gasteiger partial charge in [-0.15, -0.1) is 0 Å². The Balaban J connectivity index is 2.40. The summed E-state index contributed by atoms with van der Waals surface area (Å²) in [7, 11) is -3.53. The number of thioether (sulfide) groups is 1. The van der Waals surface area contributed by atoms with Crippen LogP contribution in [0.25, 0.3) is 0 Å². The van der Waals surface area contributed by atoms with Gasteiger partial charge in [0, 0.05) is 10.5 Å². The van der Waals surface area contributed by atoms with E-state index in [1.165, 1.54) is 6.07 Å². The SMILES string of the molecule is N#CCSC1=NS([O-])([O-])c2ccccc21. The summed E-state index contributed by atoms with van der Waals surface area (Å²) in [4.78, 5) is 0.227. The molecule has 4 nitrogen and oxygen atoms in total. The van der Waals surface area contributed by atoms with Crippen LogP contribution >= 0.6 is 22.5 Å². The first kappa shape index (κ1) is 10.5. The third-order valence-corrected chi connectivity index (χ3v) is 4.18. The molecule has 0 unspecified atom stereocenters. The van der Waals surface area contributed by atoms with Crippen molar-refractivity contribution in [3.8, 4) is 6.07 Å². The van der Waals surface area contributed by atoms with Gasteiger partial charge in [0.05, 0.1) is 11.8 Å².